The van der Waals surface area contributed by atoms with Gasteiger partial charge in [0, 0.05) is 0 Å². The zero-order valence-electron chi connectivity index (χ0n) is 11.0. The molecule has 0 aromatic heterocycles. The summed E-state index contributed by atoms with van der Waals surface area (Å²) in [6.07, 6.45) is 6.04. The number of aryl methyl sites for hydroxylation is 2. The first kappa shape index (κ1) is 13.3. The van der Waals surface area contributed by atoms with E-state index in [0.717, 1.165) is 22.3 Å². The van der Waals surface area contributed by atoms with E-state index >= 15 is 0 Å². The molecule has 1 rings (SSSR count). The average Bonchev–Trinajstić information content (AvgIpc) is 2.25. The molecule has 0 bridgehead atoms. The highest BCUT2D eigenvalue weighted by Crippen LogP contribution is 2.28. The molecule has 0 unspecified atom stereocenters. The number of phenolic OH excluding ortho intramolecular Hbond substituents is 1. The Morgan fingerprint density at radius 1 is 1.24 bits per heavy atom. The van der Waals surface area contributed by atoms with Gasteiger partial charge in [0.25, 0.3) is 0 Å². The zero-order chi connectivity index (χ0) is 13.0. The molecule has 17 heavy (non-hydrogen) atoms. The summed E-state index contributed by atoms with van der Waals surface area (Å²) < 4.78 is 0. The summed E-state index contributed by atoms with van der Waals surface area (Å²) in [4.78, 5) is 0. The maximum atomic E-state index is 9.54. The molecule has 0 fully saturated rings. The Morgan fingerprint density at radius 2 is 1.76 bits per heavy atom. The van der Waals surface area contributed by atoms with Crippen molar-refractivity contribution in [2.24, 2.45) is 0 Å². The largest absolute Gasteiger partial charge is 0.508 e. The molecule has 1 aromatic rings. The van der Waals surface area contributed by atoms with Gasteiger partial charge in [-0.1, -0.05) is 30.4 Å². The predicted molar refractivity (Wildman–Crippen MR) is 75.2 cm³/mol. The summed E-state index contributed by atoms with van der Waals surface area (Å²) in [7, 11) is 0. The summed E-state index contributed by atoms with van der Waals surface area (Å²) in [5.74, 6) is 0.315. The van der Waals surface area contributed by atoms with Crippen LogP contribution in [0.15, 0.2) is 42.5 Å². The minimum absolute atomic E-state index is 0.315. The lowest BCUT2D eigenvalue weighted by atomic mass is 9.94. The van der Waals surface area contributed by atoms with Crippen molar-refractivity contribution in [2.75, 3.05) is 0 Å². The lowest BCUT2D eigenvalue weighted by Gasteiger charge is -2.12. The second-order valence-corrected chi connectivity index (χ2v) is 4.29. The van der Waals surface area contributed by atoms with Crippen LogP contribution in [0, 0.1) is 13.8 Å². The molecule has 0 atom stereocenters. The van der Waals surface area contributed by atoms with Crippen LogP contribution in [0.1, 0.15) is 30.5 Å². The van der Waals surface area contributed by atoms with E-state index in [0.29, 0.717) is 5.75 Å². The number of aromatic hydroxyl groups is 1. The Hall–Kier alpha value is -1.76. The third-order valence-corrected chi connectivity index (χ3v) is 2.86. The molecule has 0 saturated heterocycles. The molecule has 0 aliphatic carbocycles. The normalized spacial score (nSPS) is 12.7. The van der Waals surface area contributed by atoms with Crippen LogP contribution in [-0.2, 0) is 0 Å². The monoisotopic (exact) mass is 228 g/mol. The molecule has 90 valence electrons. The highest BCUT2D eigenvalue weighted by atomic mass is 16.3. The van der Waals surface area contributed by atoms with Crippen molar-refractivity contribution < 1.29 is 5.11 Å². The molecule has 1 N–H and O–H groups in total. The second kappa shape index (κ2) is 5.53. The van der Waals surface area contributed by atoms with Gasteiger partial charge in [-0.25, -0.2) is 0 Å². The zero-order valence-corrected chi connectivity index (χ0v) is 11.0. The Morgan fingerprint density at radius 3 is 2.18 bits per heavy atom. The van der Waals surface area contributed by atoms with Crippen LogP contribution in [0.3, 0.4) is 0 Å². The van der Waals surface area contributed by atoms with Crippen LogP contribution in [0.25, 0.3) is 5.57 Å². The van der Waals surface area contributed by atoms with Gasteiger partial charge in [0.2, 0.25) is 0 Å². The number of allylic oxidation sites excluding steroid dienone is 5. The topological polar surface area (TPSA) is 20.2 Å². The lowest BCUT2D eigenvalue weighted by Crippen LogP contribution is -1.92. The Balaban J connectivity index is 3.41. The minimum atomic E-state index is 0.315. The third kappa shape index (κ3) is 3.10. The van der Waals surface area contributed by atoms with Gasteiger partial charge >= 0.3 is 0 Å². The van der Waals surface area contributed by atoms with Gasteiger partial charge in [-0.3, -0.25) is 0 Å². The van der Waals surface area contributed by atoms with Crippen LogP contribution in [-0.4, -0.2) is 5.11 Å². The first-order valence-corrected chi connectivity index (χ1v) is 5.77. The van der Waals surface area contributed by atoms with Gasteiger partial charge < -0.3 is 5.11 Å². The van der Waals surface area contributed by atoms with Crippen molar-refractivity contribution in [1.29, 1.82) is 0 Å². The Kier molecular flexibility index (Phi) is 4.33. The molecule has 0 heterocycles. The van der Waals surface area contributed by atoms with Crippen LogP contribution >= 0.6 is 0 Å². The van der Waals surface area contributed by atoms with Gasteiger partial charge in [-0.05, 0) is 62.1 Å². The quantitative estimate of drug-likeness (QED) is 0.753. The first-order valence-electron chi connectivity index (χ1n) is 5.77. The minimum Gasteiger partial charge on any atom is -0.508 e. The molecule has 1 heteroatoms. The van der Waals surface area contributed by atoms with Crippen LogP contribution in [0.5, 0.6) is 5.75 Å². The summed E-state index contributed by atoms with van der Waals surface area (Å²) >= 11 is 0. The van der Waals surface area contributed by atoms with Crippen molar-refractivity contribution in [3.05, 3.63) is 59.2 Å². The van der Waals surface area contributed by atoms with Crippen molar-refractivity contribution >= 4 is 5.57 Å². The highest BCUT2D eigenvalue weighted by molar-refractivity contribution is 5.79. The van der Waals surface area contributed by atoms with Crippen LogP contribution < -0.4 is 0 Å². The van der Waals surface area contributed by atoms with E-state index in [1.165, 1.54) is 5.57 Å². The summed E-state index contributed by atoms with van der Waals surface area (Å²) in [6, 6.07) is 3.56. The van der Waals surface area contributed by atoms with Gasteiger partial charge in [0.05, 0.1) is 0 Å². The van der Waals surface area contributed by atoms with E-state index in [1.54, 1.807) is 12.1 Å². The maximum Gasteiger partial charge on any atom is 0.116 e. The van der Waals surface area contributed by atoms with E-state index < -0.39 is 0 Å². The molecule has 1 nitrogen and oxygen atoms in total. The fourth-order valence-electron chi connectivity index (χ4n) is 1.96. The highest BCUT2D eigenvalue weighted by Gasteiger charge is 2.07. The van der Waals surface area contributed by atoms with Crippen molar-refractivity contribution in [1.82, 2.24) is 0 Å². The van der Waals surface area contributed by atoms with E-state index in [2.05, 4.69) is 25.7 Å². The lowest BCUT2D eigenvalue weighted by molar-refractivity contribution is 0.474. The van der Waals surface area contributed by atoms with Gasteiger partial charge in [-0.2, -0.15) is 0 Å². The molecule has 0 spiro atoms. The standard InChI is InChI=1S/C16H20O/c1-6-11(3)8-14(7-2)16-12(4)9-15(17)10-13(16)5/h6-10,17H,2H2,1,3-5H3/b11-6-,14-8+. The van der Waals surface area contributed by atoms with Gasteiger partial charge in [0.15, 0.2) is 0 Å². The predicted octanol–water partition coefficient (Wildman–Crippen LogP) is 4.54. The number of benzene rings is 1. The molecule has 0 aliphatic rings. The summed E-state index contributed by atoms with van der Waals surface area (Å²) in [5, 5.41) is 9.54. The van der Waals surface area contributed by atoms with E-state index in [1.807, 2.05) is 26.8 Å². The van der Waals surface area contributed by atoms with Crippen LogP contribution in [0.2, 0.25) is 0 Å². The van der Waals surface area contributed by atoms with Gasteiger partial charge in [-0.15, -0.1) is 0 Å². The van der Waals surface area contributed by atoms with Crippen molar-refractivity contribution in [3.63, 3.8) is 0 Å². The molecule has 1 aromatic carbocycles. The fourth-order valence-corrected chi connectivity index (χ4v) is 1.96. The number of rotatable bonds is 3. The molecule has 0 radical (unpaired) electrons. The van der Waals surface area contributed by atoms with Crippen molar-refractivity contribution in [2.45, 2.75) is 27.7 Å². The van der Waals surface area contributed by atoms with E-state index in [-0.39, 0.29) is 0 Å². The third-order valence-electron chi connectivity index (χ3n) is 2.86. The van der Waals surface area contributed by atoms with Crippen LogP contribution in [0.4, 0.5) is 0 Å². The van der Waals surface area contributed by atoms with Crippen molar-refractivity contribution in [3.8, 4) is 5.75 Å². The smallest absolute Gasteiger partial charge is 0.116 e. The molecular formula is C16H20O. The van der Waals surface area contributed by atoms with E-state index in [4.69, 9.17) is 0 Å². The SMILES string of the molecule is C=C/C(=C\C(C)=C/C)c1c(C)cc(O)cc1C. The number of hydrogen-bond acceptors (Lipinski definition) is 1. The molecule has 0 saturated carbocycles. The Bertz CT molecular complexity index is 467. The summed E-state index contributed by atoms with van der Waals surface area (Å²) in [6.45, 7) is 12.0. The fraction of sp³-hybridized carbons (Fsp3) is 0.250. The Labute approximate surface area is 104 Å². The number of phenols is 1. The first-order chi connectivity index (χ1) is 7.99. The average molecular weight is 228 g/mol. The molecule has 0 amide bonds. The molecule has 0 aliphatic heterocycles. The van der Waals surface area contributed by atoms with Gasteiger partial charge in [0.1, 0.15) is 5.75 Å². The molecular weight excluding hydrogens is 208 g/mol. The summed E-state index contributed by atoms with van der Waals surface area (Å²) in [5.41, 5.74) is 5.58. The number of hydrogen-bond donors (Lipinski definition) is 1. The van der Waals surface area contributed by atoms with E-state index in [9.17, 15) is 5.11 Å². The maximum absolute atomic E-state index is 9.54. The second-order valence-electron chi connectivity index (χ2n) is 4.29.